The van der Waals surface area contributed by atoms with E-state index in [1.165, 1.54) is 30.7 Å². The number of hydrogen-bond donors (Lipinski definition) is 1. The van der Waals surface area contributed by atoms with Crippen molar-refractivity contribution < 1.29 is 23.0 Å². The predicted molar refractivity (Wildman–Crippen MR) is 73.5 cm³/mol. The van der Waals surface area contributed by atoms with Gasteiger partial charge in [0, 0.05) is 19.2 Å². The molecule has 0 amide bonds. The molecule has 20 heavy (non-hydrogen) atoms. The first-order chi connectivity index (χ1) is 9.48. The van der Waals surface area contributed by atoms with Gasteiger partial charge in [0.2, 0.25) is 10.0 Å². The molecule has 1 saturated heterocycles. The highest BCUT2D eigenvalue weighted by Gasteiger charge is 2.30. The molecule has 7 heteroatoms. The molecule has 112 valence electrons. The summed E-state index contributed by atoms with van der Waals surface area (Å²) in [7, 11) is -0.664. The minimum Gasteiger partial charge on any atom is -0.493 e. The maximum absolute atomic E-state index is 12.5. The maximum Gasteiger partial charge on any atom is 0.243 e. The molecular formula is C13H19NO5S. The zero-order chi connectivity index (χ0) is 14.8. The van der Waals surface area contributed by atoms with Gasteiger partial charge in [-0.2, -0.15) is 4.31 Å². The average molecular weight is 301 g/mol. The Balaban J connectivity index is 2.34. The van der Waals surface area contributed by atoms with E-state index in [1.807, 2.05) is 0 Å². The van der Waals surface area contributed by atoms with Crippen LogP contribution in [0.4, 0.5) is 0 Å². The van der Waals surface area contributed by atoms with E-state index in [1.54, 1.807) is 6.07 Å². The van der Waals surface area contributed by atoms with Crippen LogP contribution in [0.5, 0.6) is 11.5 Å². The molecule has 1 atom stereocenters. The molecule has 0 bridgehead atoms. The summed E-state index contributed by atoms with van der Waals surface area (Å²) in [6.07, 6.45) is 0.699. The highest BCUT2D eigenvalue weighted by molar-refractivity contribution is 7.89. The number of nitrogens with zero attached hydrogens (tertiary/aromatic N) is 1. The normalized spacial score (nSPS) is 20.6. The second-order valence-electron chi connectivity index (χ2n) is 4.68. The van der Waals surface area contributed by atoms with Gasteiger partial charge in [0.15, 0.2) is 11.5 Å². The molecule has 0 spiro atoms. The topological polar surface area (TPSA) is 76.1 Å². The Bertz CT molecular complexity index is 572. The van der Waals surface area contributed by atoms with Crippen LogP contribution in [0.15, 0.2) is 23.1 Å². The lowest BCUT2D eigenvalue weighted by molar-refractivity contribution is 0.108. The van der Waals surface area contributed by atoms with E-state index in [2.05, 4.69) is 0 Å². The molecule has 0 aromatic heterocycles. The average Bonchev–Trinajstić information content (AvgIpc) is 2.46. The molecule has 1 unspecified atom stereocenters. The number of ether oxygens (including phenoxy) is 2. The Morgan fingerprint density at radius 3 is 2.55 bits per heavy atom. The Kier molecular flexibility index (Phi) is 4.52. The fraction of sp³-hybridized carbons (Fsp3) is 0.538. The van der Waals surface area contributed by atoms with Crippen molar-refractivity contribution in [1.82, 2.24) is 4.31 Å². The van der Waals surface area contributed by atoms with Gasteiger partial charge < -0.3 is 14.6 Å². The zero-order valence-electron chi connectivity index (χ0n) is 11.6. The lowest BCUT2D eigenvalue weighted by Gasteiger charge is -2.29. The monoisotopic (exact) mass is 301 g/mol. The van der Waals surface area contributed by atoms with Crippen molar-refractivity contribution in [2.45, 2.75) is 23.8 Å². The van der Waals surface area contributed by atoms with Crippen LogP contribution in [0.1, 0.15) is 12.8 Å². The largest absolute Gasteiger partial charge is 0.493 e. The van der Waals surface area contributed by atoms with Gasteiger partial charge in [-0.1, -0.05) is 0 Å². The summed E-state index contributed by atoms with van der Waals surface area (Å²) in [4.78, 5) is 0.143. The van der Waals surface area contributed by atoms with Crippen molar-refractivity contribution in [2.75, 3.05) is 27.3 Å². The number of benzene rings is 1. The van der Waals surface area contributed by atoms with Gasteiger partial charge in [-0.15, -0.1) is 0 Å². The first kappa shape index (κ1) is 15.1. The van der Waals surface area contributed by atoms with Gasteiger partial charge in [0.25, 0.3) is 0 Å². The van der Waals surface area contributed by atoms with Gasteiger partial charge in [-0.25, -0.2) is 8.42 Å². The van der Waals surface area contributed by atoms with E-state index in [-0.39, 0.29) is 11.4 Å². The fourth-order valence-corrected chi connectivity index (χ4v) is 3.80. The molecule has 1 heterocycles. The zero-order valence-corrected chi connectivity index (χ0v) is 12.4. The van der Waals surface area contributed by atoms with Crippen molar-refractivity contribution in [3.05, 3.63) is 18.2 Å². The van der Waals surface area contributed by atoms with Crippen LogP contribution in [-0.4, -0.2) is 51.2 Å². The summed E-state index contributed by atoms with van der Waals surface area (Å²) in [5.74, 6) is 0.844. The molecule has 1 aromatic carbocycles. The Morgan fingerprint density at radius 2 is 1.95 bits per heavy atom. The summed E-state index contributed by atoms with van der Waals surface area (Å²) in [5, 5.41) is 9.62. The standard InChI is InChI=1S/C13H19NO5S/c1-18-12-6-5-11(8-13(12)19-2)20(16,17)14-7-3-4-10(15)9-14/h5-6,8,10,15H,3-4,7,9H2,1-2H3. The number of methoxy groups -OCH3 is 2. The van der Waals surface area contributed by atoms with Crippen LogP contribution in [-0.2, 0) is 10.0 Å². The summed E-state index contributed by atoms with van der Waals surface area (Å²) >= 11 is 0. The van der Waals surface area contributed by atoms with Crippen molar-refractivity contribution in [3.63, 3.8) is 0 Å². The van der Waals surface area contributed by atoms with Crippen molar-refractivity contribution in [2.24, 2.45) is 0 Å². The van der Waals surface area contributed by atoms with E-state index >= 15 is 0 Å². The van der Waals surface area contributed by atoms with Gasteiger partial charge in [0.05, 0.1) is 25.2 Å². The lowest BCUT2D eigenvalue weighted by Crippen LogP contribution is -2.42. The van der Waals surface area contributed by atoms with Gasteiger partial charge in [-0.05, 0) is 25.0 Å². The summed E-state index contributed by atoms with van der Waals surface area (Å²) in [5.41, 5.74) is 0. The molecule has 0 aliphatic carbocycles. The number of piperidine rings is 1. The number of aliphatic hydroxyl groups is 1. The maximum atomic E-state index is 12.5. The van der Waals surface area contributed by atoms with Crippen molar-refractivity contribution in [1.29, 1.82) is 0 Å². The third-order valence-electron chi connectivity index (χ3n) is 3.35. The third-order valence-corrected chi connectivity index (χ3v) is 5.21. The van der Waals surface area contributed by atoms with E-state index in [9.17, 15) is 13.5 Å². The molecule has 0 saturated carbocycles. The number of sulfonamides is 1. The number of β-amino-alcohol motifs (C(OH)–C–C–N with tert-alkyl or cyclic N) is 1. The van der Waals surface area contributed by atoms with Crippen LogP contribution in [0.2, 0.25) is 0 Å². The highest BCUT2D eigenvalue weighted by atomic mass is 32.2. The Hall–Kier alpha value is -1.31. The molecule has 6 nitrogen and oxygen atoms in total. The van der Waals surface area contributed by atoms with Crippen LogP contribution in [0.3, 0.4) is 0 Å². The minimum atomic E-state index is -3.61. The molecule has 1 aromatic rings. The fourth-order valence-electron chi connectivity index (χ4n) is 2.27. The minimum absolute atomic E-state index is 0.136. The van der Waals surface area contributed by atoms with Crippen LogP contribution in [0.25, 0.3) is 0 Å². The summed E-state index contributed by atoms with van der Waals surface area (Å²) < 4.78 is 36.6. The smallest absolute Gasteiger partial charge is 0.243 e. The molecule has 1 aliphatic heterocycles. The quantitative estimate of drug-likeness (QED) is 0.892. The molecule has 1 aliphatic rings. The second kappa shape index (κ2) is 5.99. The van der Waals surface area contributed by atoms with E-state index in [4.69, 9.17) is 9.47 Å². The van der Waals surface area contributed by atoms with Gasteiger partial charge in [0.1, 0.15) is 0 Å². The lowest BCUT2D eigenvalue weighted by atomic mass is 10.1. The number of rotatable bonds is 4. The van der Waals surface area contributed by atoms with E-state index < -0.39 is 16.1 Å². The summed E-state index contributed by atoms with van der Waals surface area (Å²) in [6, 6.07) is 4.49. The highest BCUT2D eigenvalue weighted by Crippen LogP contribution is 2.31. The van der Waals surface area contributed by atoms with E-state index in [0.29, 0.717) is 30.9 Å². The molecule has 2 rings (SSSR count). The van der Waals surface area contributed by atoms with E-state index in [0.717, 1.165) is 0 Å². The number of aliphatic hydroxyl groups excluding tert-OH is 1. The first-order valence-corrected chi connectivity index (χ1v) is 7.83. The molecule has 1 fully saturated rings. The van der Waals surface area contributed by atoms with Gasteiger partial charge in [-0.3, -0.25) is 0 Å². The molecule has 1 N–H and O–H groups in total. The Labute approximate surface area is 119 Å². The van der Waals surface area contributed by atoms with Crippen LogP contribution >= 0.6 is 0 Å². The second-order valence-corrected chi connectivity index (χ2v) is 6.61. The van der Waals surface area contributed by atoms with Crippen LogP contribution in [0, 0.1) is 0 Å². The first-order valence-electron chi connectivity index (χ1n) is 6.39. The van der Waals surface area contributed by atoms with Crippen LogP contribution < -0.4 is 9.47 Å². The molecule has 0 radical (unpaired) electrons. The predicted octanol–water partition coefficient (Wildman–Crippen LogP) is 0.849. The summed E-state index contributed by atoms with van der Waals surface area (Å²) in [6.45, 7) is 0.560. The van der Waals surface area contributed by atoms with Crippen molar-refractivity contribution >= 4 is 10.0 Å². The SMILES string of the molecule is COc1ccc(S(=O)(=O)N2CCCC(O)C2)cc1OC. The van der Waals surface area contributed by atoms with Gasteiger partial charge >= 0.3 is 0 Å². The Morgan fingerprint density at radius 1 is 1.25 bits per heavy atom. The van der Waals surface area contributed by atoms with Crippen molar-refractivity contribution in [3.8, 4) is 11.5 Å². The molecular weight excluding hydrogens is 282 g/mol. The number of hydrogen-bond acceptors (Lipinski definition) is 5. The third kappa shape index (κ3) is 2.89.